The Kier molecular flexibility index (Phi) is 6.98. The molecule has 1 heterocycles. The van der Waals surface area contributed by atoms with Gasteiger partial charge in [0.2, 0.25) is 5.91 Å². The van der Waals surface area contributed by atoms with Gasteiger partial charge in [-0.3, -0.25) is 4.79 Å². The molecular formula is C20H30N2O3S. The van der Waals surface area contributed by atoms with Crippen molar-refractivity contribution < 1.29 is 14.3 Å². The van der Waals surface area contributed by atoms with E-state index in [1.54, 1.807) is 21.6 Å². The first-order valence-corrected chi connectivity index (χ1v) is 10.3. The number of nitrogens with zero attached hydrogens (tertiary/aromatic N) is 2. The molecule has 2 rings (SSSR count). The van der Waals surface area contributed by atoms with Crippen LogP contribution in [-0.4, -0.2) is 53.8 Å². The molecule has 2 amide bonds. The Morgan fingerprint density at radius 2 is 1.77 bits per heavy atom. The SMILES string of the molecule is CSc1ccc(CN(C)C(=O)C2CCN(C(=O)OC(C)(C)C)CC2)cc1. The molecule has 0 N–H and O–H groups in total. The second kappa shape index (κ2) is 8.80. The van der Waals surface area contributed by atoms with Gasteiger partial charge < -0.3 is 14.5 Å². The van der Waals surface area contributed by atoms with Crippen molar-refractivity contribution in [2.45, 2.75) is 50.7 Å². The Hall–Kier alpha value is -1.69. The van der Waals surface area contributed by atoms with E-state index >= 15 is 0 Å². The van der Waals surface area contributed by atoms with Gasteiger partial charge in [-0.1, -0.05) is 12.1 Å². The topological polar surface area (TPSA) is 49.9 Å². The first kappa shape index (κ1) is 20.6. The number of thioether (sulfide) groups is 1. The number of carbonyl (C=O) groups excluding carboxylic acids is 2. The lowest BCUT2D eigenvalue weighted by Gasteiger charge is -2.34. The van der Waals surface area contributed by atoms with E-state index in [2.05, 4.69) is 24.3 Å². The van der Waals surface area contributed by atoms with Gasteiger partial charge in [-0.05, 0) is 57.6 Å². The molecule has 1 aliphatic rings. The van der Waals surface area contributed by atoms with Gasteiger partial charge in [0.25, 0.3) is 0 Å². The molecule has 0 spiro atoms. The summed E-state index contributed by atoms with van der Waals surface area (Å²) >= 11 is 1.71. The zero-order valence-corrected chi connectivity index (χ0v) is 17.3. The molecule has 0 bridgehead atoms. The fraction of sp³-hybridized carbons (Fsp3) is 0.600. The third kappa shape index (κ3) is 5.94. The summed E-state index contributed by atoms with van der Waals surface area (Å²) < 4.78 is 5.41. The van der Waals surface area contributed by atoms with Crippen molar-refractivity contribution >= 4 is 23.8 Å². The number of hydrogen-bond donors (Lipinski definition) is 0. The van der Waals surface area contributed by atoms with Crippen LogP contribution in [0.3, 0.4) is 0 Å². The normalized spacial score (nSPS) is 15.7. The lowest BCUT2D eigenvalue weighted by Crippen LogP contribution is -2.45. The molecule has 26 heavy (non-hydrogen) atoms. The summed E-state index contributed by atoms with van der Waals surface area (Å²) in [7, 11) is 1.85. The molecule has 1 fully saturated rings. The molecule has 0 aliphatic carbocycles. The number of ether oxygens (including phenoxy) is 1. The molecule has 0 radical (unpaired) electrons. The lowest BCUT2D eigenvalue weighted by atomic mass is 9.95. The fourth-order valence-corrected chi connectivity index (χ4v) is 3.44. The minimum Gasteiger partial charge on any atom is -0.444 e. The van der Waals surface area contributed by atoms with Gasteiger partial charge in [0.1, 0.15) is 5.60 Å². The highest BCUT2D eigenvalue weighted by Crippen LogP contribution is 2.22. The molecule has 0 aromatic heterocycles. The highest BCUT2D eigenvalue weighted by atomic mass is 32.2. The number of rotatable bonds is 4. The summed E-state index contributed by atoms with van der Waals surface area (Å²) in [5.41, 5.74) is 0.639. The predicted molar refractivity (Wildman–Crippen MR) is 105 cm³/mol. The van der Waals surface area contributed by atoms with Crippen LogP contribution in [0.2, 0.25) is 0 Å². The molecule has 6 heteroatoms. The second-order valence-corrected chi connectivity index (χ2v) is 8.66. The summed E-state index contributed by atoms with van der Waals surface area (Å²) in [5, 5.41) is 0. The highest BCUT2D eigenvalue weighted by Gasteiger charge is 2.31. The van der Waals surface area contributed by atoms with Crippen LogP contribution in [0.1, 0.15) is 39.2 Å². The Balaban J connectivity index is 1.84. The van der Waals surface area contributed by atoms with Gasteiger partial charge >= 0.3 is 6.09 Å². The van der Waals surface area contributed by atoms with E-state index in [0.29, 0.717) is 32.5 Å². The average molecular weight is 379 g/mol. The van der Waals surface area contributed by atoms with Gasteiger partial charge in [-0.2, -0.15) is 0 Å². The van der Waals surface area contributed by atoms with Crippen LogP contribution in [0.4, 0.5) is 4.79 Å². The van der Waals surface area contributed by atoms with E-state index in [1.165, 1.54) is 4.90 Å². The second-order valence-electron chi connectivity index (χ2n) is 7.78. The average Bonchev–Trinajstić information content (AvgIpc) is 2.60. The number of likely N-dealkylation sites (tertiary alicyclic amines) is 1. The zero-order chi connectivity index (χ0) is 19.3. The third-order valence-electron chi connectivity index (χ3n) is 4.45. The van der Waals surface area contributed by atoms with Crippen molar-refractivity contribution in [2.75, 3.05) is 26.4 Å². The Morgan fingerprint density at radius 1 is 1.19 bits per heavy atom. The summed E-state index contributed by atoms with van der Waals surface area (Å²) in [6.45, 7) is 7.34. The Labute approximate surface area is 161 Å². The molecule has 0 unspecified atom stereocenters. The van der Waals surface area contributed by atoms with Crippen LogP contribution in [0.25, 0.3) is 0 Å². The molecule has 5 nitrogen and oxygen atoms in total. The zero-order valence-electron chi connectivity index (χ0n) is 16.4. The molecule has 1 aliphatic heterocycles. The molecular weight excluding hydrogens is 348 g/mol. The quantitative estimate of drug-likeness (QED) is 0.743. The molecule has 1 aromatic carbocycles. The van der Waals surface area contributed by atoms with Gasteiger partial charge in [0.05, 0.1) is 0 Å². The number of hydrogen-bond acceptors (Lipinski definition) is 4. The van der Waals surface area contributed by atoms with Crippen molar-refractivity contribution in [2.24, 2.45) is 5.92 Å². The van der Waals surface area contributed by atoms with E-state index < -0.39 is 5.60 Å². The van der Waals surface area contributed by atoms with Crippen molar-refractivity contribution in [3.63, 3.8) is 0 Å². The van der Waals surface area contributed by atoms with Gasteiger partial charge in [0.15, 0.2) is 0 Å². The number of piperidine rings is 1. The first-order valence-electron chi connectivity index (χ1n) is 9.05. The summed E-state index contributed by atoms with van der Waals surface area (Å²) in [5.74, 6) is 0.131. The first-order chi connectivity index (χ1) is 12.2. The molecule has 144 valence electrons. The van der Waals surface area contributed by atoms with Crippen LogP contribution in [-0.2, 0) is 16.1 Å². The predicted octanol–water partition coefficient (Wildman–Crippen LogP) is 4.01. The van der Waals surface area contributed by atoms with Crippen molar-refractivity contribution in [3.05, 3.63) is 29.8 Å². The van der Waals surface area contributed by atoms with Crippen molar-refractivity contribution in [1.29, 1.82) is 0 Å². The van der Waals surface area contributed by atoms with E-state index in [9.17, 15) is 9.59 Å². The van der Waals surface area contributed by atoms with Crippen LogP contribution in [0, 0.1) is 5.92 Å². The van der Waals surface area contributed by atoms with Crippen LogP contribution >= 0.6 is 11.8 Å². The van der Waals surface area contributed by atoms with Crippen molar-refractivity contribution in [1.82, 2.24) is 9.80 Å². The van der Waals surface area contributed by atoms with Crippen LogP contribution < -0.4 is 0 Å². The molecule has 1 aromatic rings. The minimum absolute atomic E-state index is 0.0239. The van der Waals surface area contributed by atoms with Crippen molar-refractivity contribution in [3.8, 4) is 0 Å². The summed E-state index contributed by atoms with van der Waals surface area (Å²) in [4.78, 5) is 29.6. The van der Waals surface area contributed by atoms with Crippen LogP contribution in [0.5, 0.6) is 0 Å². The highest BCUT2D eigenvalue weighted by molar-refractivity contribution is 7.98. The van der Waals surface area contributed by atoms with E-state index in [-0.39, 0.29) is 17.9 Å². The minimum atomic E-state index is -0.490. The Bertz CT molecular complexity index is 617. The Morgan fingerprint density at radius 3 is 2.27 bits per heavy atom. The smallest absolute Gasteiger partial charge is 0.410 e. The van der Waals surface area contributed by atoms with E-state index in [1.807, 2.05) is 34.1 Å². The standard InChI is InChI=1S/C20H30N2O3S/c1-20(2,3)25-19(24)22-12-10-16(11-13-22)18(23)21(4)14-15-6-8-17(26-5)9-7-15/h6-9,16H,10-14H2,1-5H3. The van der Waals surface area contributed by atoms with E-state index in [4.69, 9.17) is 4.74 Å². The van der Waals surface area contributed by atoms with Gasteiger partial charge in [0, 0.05) is 37.5 Å². The summed E-state index contributed by atoms with van der Waals surface area (Å²) in [6, 6.07) is 8.30. The fourth-order valence-electron chi connectivity index (χ4n) is 3.03. The van der Waals surface area contributed by atoms with Gasteiger partial charge in [-0.15, -0.1) is 11.8 Å². The lowest BCUT2D eigenvalue weighted by molar-refractivity contribution is -0.136. The number of carbonyl (C=O) groups is 2. The molecule has 0 saturated carbocycles. The van der Waals surface area contributed by atoms with Gasteiger partial charge in [-0.25, -0.2) is 4.79 Å². The number of amides is 2. The summed E-state index contributed by atoms with van der Waals surface area (Å²) in [6.07, 6.45) is 3.14. The largest absolute Gasteiger partial charge is 0.444 e. The monoisotopic (exact) mass is 378 g/mol. The molecule has 0 atom stereocenters. The third-order valence-corrected chi connectivity index (χ3v) is 5.19. The maximum Gasteiger partial charge on any atom is 0.410 e. The van der Waals surface area contributed by atoms with E-state index in [0.717, 1.165) is 5.56 Å². The van der Waals surface area contributed by atoms with Crippen LogP contribution in [0.15, 0.2) is 29.2 Å². The number of benzene rings is 1. The molecule has 1 saturated heterocycles. The maximum absolute atomic E-state index is 12.7. The maximum atomic E-state index is 12.7.